The molecule has 108 valence electrons. The molecule has 0 radical (unpaired) electrons. The summed E-state index contributed by atoms with van der Waals surface area (Å²) in [6.07, 6.45) is 6.22. The van der Waals surface area contributed by atoms with Crippen molar-refractivity contribution in [3.05, 3.63) is 24.7 Å². The van der Waals surface area contributed by atoms with Gasteiger partial charge in [-0.3, -0.25) is 4.79 Å². The quantitative estimate of drug-likeness (QED) is 0.811. The zero-order valence-electron chi connectivity index (χ0n) is 11.8. The smallest absolute Gasteiger partial charge is 0.303 e. The Bertz CT molecular complexity index is 579. The molecular weight excluding hydrogens is 256 g/mol. The number of carbonyl (C=O) groups is 1. The summed E-state index contributed by atoms with van der Waals surface area (Å²) in [5.41, 5.74) is 0.895. The van der Waals surface area contributed by atoms with Crippen molar-refractivity contribution in [2.75, 3.05) is 11.9 Å². The standard InChI is InChI=1S/C14H20N4O2/c1-10(2)7-11(8-13(19)20)9-16-14-12-3-4-17-18(12)6-5-15-14/h3-6,10-11H,7-9H2,1-2H3,(H,15,16)(H,19,20). The highest BCUT2D eigenvalue weighted by molar-refractivity contribution is 5.68. The number of carboxylic acid groups (broad SMARTS) is 1. The molecule has 0 spiro atoms. The Kier molecular flexibility index (Phi) is 4.55. The number of nitrogens with one attached hydrogen (secondary N) is 1. The highest BCUT2D eigenvalue weighted by Gasteiger charge is 2.15. The second-order valence-electron chi connectivity index (χ2n) is 5.41. The van der Waals surface area contributed by atoms with Gasteiger partial charge >= 0.3 is 5.97 Å². The summed E-state index contributed by atoms with van der Waals surface area (Å²) >= 11 is 0. The molecule has 1 atom stereocenters. The Morgan fingerprint density at radius 1 is 1.45 bits per heavy atom. The number of hydrogen-bond acceptors (Lipinski definition) is 4. The van der Waals surface area contributed by atoms with Crippen molar-refractivity contribution in [1.29, 1.82) is 0 Å². The number of rotatable bonds is 7. The first-order valence-corrected chi connectivity index (χ1v) is 6.80. The van der Waals surface area contributed by atoms with Crippen LogP contribution in [0.3, 0.4) is 0 Å². The molecule has 0 aliphatic carbocycles. The first-order valence-electron chi connectivity index (χ1n) is 6.80. The maximum absolute atomic E-state index is 10.9. The highest BCUT2D eigenvalue weighted by Crippen LogP contribution is 2.18. The topological polar surface area (TPSA) is 79.5 Å². The number of carboxylic acids is 1. The van der Waals surface area contributed by atoms with Gasteiger partial charge in [0.1, 0.15) is 5.52 Å². The summed E-state index contributed by atoms with van der Waals surface area (Å²) in [5, 5.41) is 16.4. The van der Waals surface area contributed by atoms with Crippen molar-refractivity contribution >= 4 is 17.3 Å². The summed E-state index contributed by atoms with van der Waals surface area (Å²) in [6.45, 7) is 4.80. The van der Waals surface area contributed by atoms with Crippen LogP contribution in [0, 0.1) is 11.8 Å². The molecule has 0 aromatic carbocycles. The largest absolute Gasteiger partial charge is 0.481 e. The molecule has 1 unspecified atom stereocenters. The van der Waals surface area contributed by atoms with E-state index in [2.05, 4.69) is 29.2 Å². The van der Waals surface area contributed by atoms with Crippen molar-refractivity contribution < 1.29 is 9.90 Å². The van der Waals surface area contributed by atoms with E-state index in [1.807, 2.05) is 6.07 Å². The van der Waals surface area contributed by atoms with Crippen molar-refractivity contribution in [2.45, 2.75) is 26.7 Å². The molecule has 2 aromatic heterocycles. The Morgan fingerprint density at radius 2 is 2.25 bits per heavy atom. The van der Waals surface area contributed by atoms with Crippen molar-refractivity contribution in [1.82, 2.24) is 14.6 Å². The molecule has 6 nitrogen and oxygen atoms in total. The van der Waals surface area contributed by atoms with Crippen LogP contribution in [0.15, 0.2) is 24.7 Å². The maximum atomic E-state index is 10.9. The van der Waals surface area contributed by atoms with E-state index in [0.29, 0.717) is 12.5 Å². The monoisotopic (exact) mass is 276 g/mol. The van der Waals surface area contributed by atoms with E-state index in [9.17, 15) is 4.79 Å². The van der Waals surface area contributed by atoms with E-state index in [4.69, 9.17) is 5.11 Å². The molecule has 2 aromatic rings. The van der Waals surface area contributed by atoms with Gasteiger partial charge in [-0.15, -0.1) is 0 Å². The molecule has 0 saturated heterocycles. The minimum absolute atomic E-state index is 0.0949. The van der Waals surface area contributed by atoms with Gasteiger partial charge in [0.15, 0.2) is 5.82 Å². The van der Waals surface area contributed by atoms with Crippen molar-refractivity contribution in [3.63, 3.8) is 0 Å². The van der Waals surface area contributed by atoms with E-state index in [1.54, 1.807) is 23.1 Å². The van der Waals surface area contributed by atoms with Gasteiger partial charge in [-0.05, 0) is 24.3 Å². The minimum Gasteiger partial charge on any atom is -0.481 e. The first-order chi connectivity index (χ1) is 9.56. The lowest BCUT2D eigenvalue weighted by Gasteiger charge is -2.18. The molecule has 0 aliphatic heterocycles. The third-order valence-corrected chi connectivity index (χ3v) is 3.15. The number of nitrogens with zero attached hydrogens (tertiary/aromatic N) is 3. The lowest BCUT2D eigenvalue weighted by molar-refractivity contribution is -0.138. The average molecular weight is 276 g/mol. The van der Waals surface area contributed by atoms with Crippen LogP contribution in [-0.2, 0) is 4.79 Å². The average Bonchev–Trinajstić information content (AvgIpc) is 2.83. The van der Waals surface area contributed by atoms with Gasteiger partial charge in [0, 0.05) is 25.4 Å². The number of aromatic nitrogens is 3. The maximum Gasteiger partial charge on any atom is 0.303 e. The van der Waals surface area contributed by atoms with Crippen molar-refractivity contribution in [2.24, 2.45) is 11.8 Å². The van der Waals surface area contributed by atoms with E-state index in [1.165, 1.54) is 0 Å². The fourth-order valence-corrected chi connectivity index (χ4v) is 2.39. The zero-order chi connectivity index (χ0) is 14.5. The molecule has 2 rings (SSSR count). The minimum atomic E-state index is -0.757. The van der Waals surface area contributed by atoms with Crippen molar-refractivity contribution in [3.8, 4) is 0 Å². The first kappa shape index (κ1) is 14.3. The summed E-state index contributed by atoms with van der Waals surface area (Å²) in [4.78, 5) is 15.2. The summed E-state index contributed by atoms with van der Waals surface area (Å²) < 4.78 is 1.74. The fourth-order valence-electron chi connectivity index (χ4n) is 2.39. The van der Waals surface area contributed by atoms with Gasteiger partial charge in [0.05, 0.1) is 6.20 Å². The predicted octanol–water partition coefficient (Wildman–Crippen LogP) is 2.28. The van der Waals surface area contributed by atoms with E-state index >= 15 is 0 Å². The van der Waals surface area contributed by atoms with Crippen LogP contribution in [0.4, 0.5) is 5.82 Å². The molecule has 2 heterocycles. The number of anilines is 1. The molecule has 6 heteroatoms. The number of hydrogen-bond donors (Lipinski definition) is 2. The van der Waals surface area contributed by atoms with Crippen LogP contribution in [0.1, 0.15) is 26.7 Å². The third-order valence-electron chi connectivity index (χ3n) is 3.15. The van der Waals surface area contributed by atoms with Crippen LogP contribution < -0.4 is 5.32 Å². The molecule has 0 bridgehead atoms. The second-order valence-corrected chi connectivity index (χ2v) is 5.41. The van der Waals surface area contributed by atoms with Crippen LogP contribution in [0.2, 0.25) is 0 Å². The number of fused-ring (bicyclic) bond motifs is 1. The Morgan fingerprint density at radius 3 is 2.95 bits per heavy atom. The summed E-state index contributed by atoms with van der Waals surface area (Å²) in [5.74, 6) is 0.550. The van der Waals surface area contributed by atoms with Gasteiger partial charge in [-0.2, -0.15) is 5.10 Å². The van der Waals surface area contributed by atoms with Crippen LogP contribution in [-0.4, -0.2) is 32.2 Å². The van der Waals surface area contributed by atoms with Crippen LogP contribution in [0.25, 0.3) is 5.52 Å². The van der Waals surface area contributed by atoms with Crippen LogP contribution >= 0.6 is 0 Å². The second kappa shape index (κ2) is 6.36. The van der Waals surface area contributed by atoms with Gasteiger partial charge < -0.3 is 10.4 Å². The molecule has 0 fully saturated rings. The zero-order valence-corrected chi connectivity index (χ0v) is 11.8. The fraction of sp³-hybridized carbons (Fsp3) is 0.500. The summed E-state index contributed by atoms with van der Waals surface area (Å²) in [7, 11) is 0. The Balaban J connectivity index is 2.04. The van der Waals surface area contributed by atoms with Gasteiger partial charge in [0.25, 0.3) is 0 Å². The normalized spacial score (nSPS) is 12.8. The molecule has 20 heavy (non-hydrogen) atoms. The molecule has 0 aliphatic rings. The Hall–Kier alpha value is -2.11. The molecule has 0 saturated carbocycles. The van der Waals surface area contributed by atoms with E-state index in [-0.39, 0.29) is 12.3 Å². The highest BCUT2D eigenvalue weighted by atomic mass is 16.4. The lowest BCUT2D eigenvalue weighted by atomic mass is 9.94. The van der Waals surface area contributed by atoms with E-state index in [0.717, 1.165) is 17.8 Å². The van der Waals surface area contributed by atoms with Gasteiger partial charge in [0.2, 0.25) is 0 Å². The number of aliphatic carboxylic acids is 1. The molecular formula is C14H20N4O2. The molecule has 2 N–H and O–H groups in total. The van der Waals surface area contributed by atoms with Gasteiger partial charge in [-0.1, -0.05) is 13.8 Å². The van der Waals surface area contributed by atoms with Crippen LogP contribution in [0.5, 0.6) is 0 Å². The molecule has 0 amide bonds. The SMILES string of the molecule is CC(C)CC(CNc1nccn2nccc12)CC(=O)O. The third kappa shape index (κ3) is 3.69. The van der Waals surface area contributed by atoms with E-state index < -0.39 is 5.97 Å². The predicted molar refractivity (Wildman–Crippen MR) is 76.7 cm³/mol. The van der Waals surface area contributed by atoms with Gasteiger partial charge in [-0.25, -0.2) is 9.50 Å². The summed E-state index contributed by atoms with van der Waals surface area (Å²) in [6, 6.07) is 1.88. The Labute approximate surface area is 117 Å². The lowest BCUT2D eigenvalue weighted by Crippen LogP contribution is -2.20.